The molecule has 1 saturated heterocycles. The Balaban J connectivity index is 1.57. The van der Waals surface area contributed by atoms with Crippen molar-refractivity contribution in [3.8, 4) is 11.4 Å². The topological polar surface area (TPSA) is 74.8 Å². The Morgan fingerprint density at radius 1 is 1.14 bits per heavy atom. The minimum Gasteiger partial charge on any atom is -0.369 e. The maximum Gasteiger partial charge on any atom is 0.164 e. The van der Waals surface area contributed by atoms with Gasteiger partial charge in [0, 0.05) is 47.4 Å². The van der Waals surface area contributed by atoms with Gasteiger partial charge in [-0.1, -0.05) is 0 Å². The van der Waals surface area contributed by atoms with Crippen molar-refractivity contribution in [3.05, 3.63) is 35.0 Å². The normalized spacial score (nSPS) is 24.4. The Kier molecular flexibility index (Phi) is 4.74. The molecule has 4 heterocycles. The first-order valence-corrected chi connectivity index (χ1v) is 11.0. The number of hydrazine groups is 1. The molecule has 3 aromatic rings. The summed E-state index contributed by atoms with van der Waals surface area (Å²) in [5.41, 5.74) is 9.12. The first kappa shape index (κ1) is 18.0. The van der Waals surface area contributed by atoms with E-state index in [-0.39, 0.29) is 0 Å². The second kappa shape index (κ2) is 7.39. The van der Waals surface area contributed by atoms with Crippen LogP contribution in [0.15, 0.2) is 24.5 Å². The number of nitrogens with zero attached hydrogens (tertiary/aromatic N) is 3. The average molecular weight is 395 g/mol. The highest BCUT2D eigenvalue weighted by atomic mass is 32.1. The van der Waals surface area contributed by atoms with Gasteiger partial charge >= 0.3 is 0 Å². The number of nitrogens with one attached hydrogen (secondary N) is 3. The third-order valence-corrected chi connectivity index (χ3v) is 7.25. The van der Waals surface area contributed by atoms with Crippen molar-refractivity contribution in [1.82, 2.24) is 25.8 Å². The maximum absolute atomic E-state index is 4.97. The zero-order valence-corrected chi connectivity index (χ0v) is 17.1. The van der Waals surface area contributed by atoms with Crippen LogP contribution in [0.4, 0.5) is 5.82 Å². The molecule has 146 valence electrons. The molecule has 6 nitrogen and oxygen atoms in total. The molecule has 0 radical (unpaired) electrons. The van der Waals surface area contributed by atoms with Crippen LogP contribution in [0.5, 0.6) is 0 Å². The molecule has 1 aliphatic carbocycles. The van der Waals surface area contributed by atoms with Crippen molar-refractivity contribution in [2.24, 2.45) is 5.92 Å². The third kappa shape index (κ3) is 3.17. The molecule has 0 spiro atoms. The monoisotopic (exact) mass is 394 g/mol. The lowest BCUT2D eigenvalue weighted by Gasteiger charge is -2.20. The molecule has 2 unspecified atom stereocenters. The largest absolute Gasteiger partial charge is 0.369 e. The lowest BCUT2D eigenvalue weighted by molar-refractivity contribution is 0.466. The molecule has 1 aliphatic heterocycles. The molecule has 2 aliphatic rings. The van der Waals surface area contributed by atoms with Crippen molar-refractivity contribution < 1.29 is 0 Å². The molecule has 2 atom stereocenters. The number of rotatable bonds is 4. The summed E-state index contributed by atoms with van der Waals surface area (Å²) >= 11 is 1.85. The highest BCUT2D eigenvalue weighted by Gasteiger charge is 2.30. The molecule has 7 heteroatoms. The molecule has 3 aromatic heterocycles. The second-order valence-electron chi connectivity index (χ2n) is 7.94. The smallest absolute Gasteiger partial charge is 0.164 e. The van der Waals surface area contributed by atoms with Gasteiger partial charge in [0.05, 0.1) is 5.39 Å². The van der Waals surface area contributed by atoms with E-state index in [2.05, 4.69) is 35.0 Å². The van der Waals surface area contributed by atoms with Gasteiger partial charge in [-0.25, -0.2) is 9.97 Å². The van der Waals surface area contributed by atoms with Crippen LogP contribution in [0.25, 0.3) is 21.6 Å². The summed E-state index contributed by atoms with van der Waals surface area (Å²) in [6, 6.07) is 4.82. The van der Waals surface area contributed by atoms with E-state index in [0.717, 1.165) is 35.0 Å². The fourth-order valence-corrected chi connectivity index (χ4v) is 5.65. The average Bonchev–Trinajstić information content (AvgIpc) is 3.26. The van der Waals surface area contributed by atoms with Crippen molar-refractivity contribution in [2.45, 2.75) is 51.6 Å². The lowest BCUT2D eigenvalue weighted by atomic mass is 9.95. The van der Waals surface area contributed by atoms with Crippen molar-refractivity contribution in [2.75, 3.05) is 11.9 Å². The summed E-state index contributed by atoms with van der Waals surface area (Å²) < 4.78 is 0. The molecular formula is C21H26N6S. The van der Waals surface area contributed by atoms with Crippen molar-refractivity contribution in [3.63, 3.8) is 0 Å². The summed E-state index contributed by atoms with van der Waals surface area (Å²) in [7, 11) is 0. The van der Waals surface area contributed by atoms with E-state index < -0.39 is 0 Å². The first-order valence-electron chi connectivity index (χ1n) is 10.2. The van der Waals surface area contributed by atoms with E-state index in [1.165, 1.54) is 35.1 Å². The van der Waals surface area contributed by atoms with Crippen molar-refractivity contribution in [1.29, 1.82) is 0 Å². The molecule has 5 rings (SSSR count). The molecule has 0 aromatic carbocycles. The number of thiophene rings is 1. The van der Waals surface area contributed by atoms with E-state index in [1.807, 2.05) is 29.7 Å². The molecule has 0 saturated carbocycles. The lowest BCUT2D eigenvalue weighted by Crippen LogP contribution is -2.30. The molecule has 28 heavy (non-hydrogen) atoms. The number of aryl methyl sites for hydroxylation is 2. The van der Waals surface area contributed by atoms with Crippen LogP contribution in [-0.4, -0.2) is 33.6 Å². The highest BCUT2D eigenvalue weighted by molar-refractivity contribution is 7.19. The first-order chi connectivity index (χ1) is 13.7. The standard InChI is InChI=1S/C21H26N6S/c1-12-16(13(2)27-26-12)11-23-20-18-15-7-3-4-8-17(15)28-21(18)25-19(24-20)14-6-5-9-22-10-14/h5-6,9-10,12-13,16,26-27H,3-4,7-8,11H2,1-2H3,(H,23,24,25). The summed E-state index contributed by atoms with van der Waals surface area (Å²) in [6.45, 7) is 5.34. The zero-order valence-electron chi connectivity index (χ0n) is 16.3. The molecule has 1 fully saturated rings. The Hall–Kier alpha value is -2.09. The van der Waals surface area contributed by atoms with E-state index in [1.54, 1.807) is 6.20 Å². The minimum atomic E-state index is 0.425. The SMILES string of the molecule is CC1NNC(C)C1CNc1nc(-c2cccnc2)nc2sc3c(c12)CCCC3. The number of pyridine rings is 1. The van der Waals surface area contributed by atoms with Crippen LogP contribution in [-0.2, 0) is 12.8 Å². The molecule has 3 N–H and O–H groups in total. The Morgan fingerprint density at radius 3 is 2.75 bits per heavy atom. The number of fused-ring (bicyclic) bond motifs is 3. The summed E-state index contributed by atoms with van der Waals surface area (Å²) in [5, 5.41) is 4.93. The summed E-state index contributed by atoms with van der Waals surface area (Å²) in [4.78, 5) is 16.7. The predicted octanol–water partition coefficient (Wildman–Crippen LogP) is 3.55. The van der Waals surface area contributed by atoms with Gasteiger partial charge in [-0.3, -0.25) is 15.8 Å². The van der Waals surface area contributed by atoms with Gasteiger partial charge in [-0.05, 0) is 57.2 Å². The molecule has 0 amide bonds. The summed E-state index contributed by atoms with van der Waals surface area (Å²) in [6.07, 6.45) is 8.47. The van der Waals surface area contributed by atoms with Gasteiger partial charge in [-0.15, -0.1) is 11.3 Å². The number of hydrogen-bond donors (Lipinski definition) is 3. The van der Waals surface area contributed by atoms with Gasteiger partial charge in [0.15, 0.2) is 5.82 Å². The van der Waals surface area contributed by atoms with Crippen LogP contribution in [0.1, 0.15) is 37.1 Å². The number of hydrogen-bond acceptors (Lipinski definition) is 7. The van der Waals surface area contributed by atoms with Crippen LogP contribution < -0.4 is 16.2 Å². The zero-order chi connectivity index (χ0) is 19.1. The molecule has 0 bridgehead atoms. The van der Waals surface area contributed by atoms with Crippen molar-refractivity contribution >= 4 is 27.4 Å². The Labute approximate surface area is 169 Å². The van der Waals surface area contributed by atoms with E-state index in [4.69, 9.17) is 9.97 Å². The molecular weight excluding hydrogens is 368 g/mol. The maximum atomic E-state index is 4.97. The van der Waals surface area contributed by atoms with E-state index >= 15 is 0 Å². The third-order valence-electron chi connectivity index (χ3n) is 6.06. The van der Waals surface area contributed by atoms with Crippen LogP contribution in [0.2, 0.25) is 0 Å². The van der Waals surface area contributed by atoms with E-state index in [0.29, 0.717) is 18.0 Å². The fraction of sp³-hybridized carbons (Fsp3) is 0.476. The predicted molar refractivity (Wildman–Crippen MR) is 114 cm³/mol. The van der Waals surface area contributed by atoms with Crippen LogP contribution >= 0.6 is 11.3 Å². The fourth-order valence-electron chi connectivity index (χ4n) is 4.39. The van der Waals surface area contributed by atoms with E-state index in [9.17, 15) is 0 Å². The van der Waals surface area contributed by atoms with Gasteiger partial charge in [0.1, 0.15) is 10.6 Å². The number of aromatic nitrogens is 3. The Morgan fingerprint density at radius 2 is 1.96 bits per heavy atom. The van der Waals surface area contributed by atoms with Crippen LogP contribution in [0.3, 0.4) is 0 Å². The quantitative estimate of drug-likeness (QED) is 0.628. The Bertz CT molecular complexity index is 975. The van der Waals surface area contributed by atoms with Gasteiger partial charge < -0.3 is 5.32 Å². The van der Waals surface area contributed by atoms with Crippen LogP contribution in [0, 0.1) is 5.92 Å². The second-order valence-corrected chi connectivity index (χ2v) is 9.02. The van der Waals surface area contributed by atoms with Gasteiger partial charge in [0.25, 0.3) is 0 Å². The number of anilines is 1. The van der Waals surface area contributed by atoms with Gasteiger partial charge in [-0.2, -0.15) is 0 Å². The van der Waals surface area contributed by atoms with Gasteiger partial charge in [0.2, 0.25) is 0 Å². The highest BCUT2D eigenvalue weighted by Crippen LogP contribution is 2.39. The minimum absolute atomic E-state index is 0.425. The summed E-state index contributed by atoms with van der Waals surface area (Å²) in [5.74, 6) is 2.24.